The van der Waals surface area contributed by atoms with Crippen LogP contribution in [0.1, 0.15) is 23.1 Å². The number of fused-ring (bicyclic) bond motifs is 1. The minimum Gasteiger partial charge on any atom is -0.207 e. The first-order chi connectivity index (χ1) is 5.77. The van der Waals surface area contributed by atoms with Gasteiger partial charge in [0, 0.05) is 5.56 Å². The molecule has 62 valence electrons. The minimum atomic E-state index is -0.0556. The van der Waals surface area contributed by atoms with Crippen molar-refractivity contribution >= 4 is 5.83 Å². The summed E-state index contributed by atoms with van der Waals surface area (Å²) in [5.41, 5.74) is 3.06. The van der Waals surface area contributed by atoms with Gasteiger partial charge in [-0.3, -0.25) is 0 Å². The van der Waals surface area contributed by atoms with Crippen molar-refractivity contribution in [2.75, 3.05) is 0 Å². The van der Waals surface area contributed by atoms with Crippen LogP contribution in [0.3, 0.4) is 0 Å². The van der Waals surface area contributed by atoms with E-state index in [1.165, 1.54) is 0 Å². The highest BCUT2D eigenvalue weighted by molar-refractivity contribution is 5.65. The van der Waals surface area contributed by atoms with Crippen molar-refractivity contribution in [2.45, 2.75) is 19.8 Å². The maximum absolute atomic E-state index is 13.2. The lowest BCUT2D eigenvalue weighted by Gasteiger charge is -2.12. The Bertz CT molecular complexity index is 337. The Labute approximate surface area is 71.7 Å². The van der Waals surface area contributed by atoms with Gasteiger partial charge in [-0.2, -0.15) is 0 Å². The highest BCUT2D eigenvalue weighted by Gasteiger charge is 2.11. The molecule has 0 aliphatic heterocycles. The van der Waals surface area contributed by atoms with Gasteiger partial charge in [0.1, 0.15) is 5.83 Å². The molecule has 0 bridgehead atoms. The zero-order chi connectivity index (χ0) is 8.55. The van der Waals surface area contributed by atoms with Crippen LogP contribution in [-0.4, -0.2) is 0 Å². The van der Waals surface area contributed by atoms with Gasteiger partial charge >= 0.3 is 0 Å². The van der Waals surface area contributed by atoms with Gasteiger partial charge in [-0.1, -0.05) is 17.7 Å². The van der Waals surface area contributed by atoms with Gasteiger partial charge in [0.05, 0.1) is 0 Å². The lowest BCUT2D eigenvalue weighted by atomic mass is 9.95. The van der Waals surface area contributed by atoms with Gasteiger partial charge in [-0.15, -0.1) is 0 Å². The molecule has 0 N–H and O–H groups in total. The van der Waals surface area contributed by atoms with E-state index in [0.717, 1.165) is 29.5 Å². The van der Waals surface area contributed by atoms with Crippen molar-refractivity contribution in [3.8, 4) is 0 Å². The maximum atomic E-state index is 13.2. The molecule has 1 aliphatic rings. The summed E-state index contributed by atoms with van der Waals surface area (Å²) in [6.07, 6.45) is 3.48. The molecule has 0 aromatic heterocycles. The molecule has 2 rings (SSSR count). The molecule has 0 spiro atoms. The Hall–Kier alpha value is -1.11. The van der Waals surface area contributed by atoms with Gasteiger partial charge in [0.2, 0.25) is 0 Å². The topological polar surface area (TPSA) is 0 Å². The Morgan fingerprint density at radius 2 is 2.17 bits per heavy atom. The zero-order valence-corrected chi connectivity index (χ0v) is 7.10. The second kappa shape index (κ2) is 2.74. The predicted octanol–water partition coefficient (Wildman–Crippen LogP) is 3.25. The summed E-state index contributed by atoms with van der Waals surface area (Å²) in [6.45, 7) is 1.99. The number of hydrogen-bond acceptors (Lipinski definition) is 0. The van der Waals surface area contributed by atoms with Crippen LogP contribution in [0.15, 0.2) is 24.3 Å². The normalized spacial score (nSPS) is 15.3. The molecule has 0 heterocycles. The predicted molar refractivity (Wildman–Crippen MR) is 48.6 cm³/mol. The van der Waals surface area contributed by atoms with E-state index in [9.17, 15) is 4.39 Å². The van der Waals surface area contributed by atoms with Gasteiger partial charge in [-0.25, -0.2) is 4.39 Å². The molecule has 1 heteroatoms. The molecule has 0 saturated heterocycles. The zero-order valence-electron chi connectivity index (χ0n) is 7.10. The first-order valence-electron chi connectivity index (χ1n) is 4.23. The fourth-order valence-corrected chi connectivity index (χ4v) is 1.59. The van der Waals surface area contributed by atoms with Crippen LogP contribution in [-0.2, 0) is 6.42 Å². The van der Waals surface area contributed by atoms with Gasteiger partial charge in [0.15, 0.2) is 0 Å². The Kier molecular flexibility index (Phi) is 1.72. The third-order valence-electron chi connectivity index (χ3n) is 2.26. The summed E-state index contributed by atoms with van der Waals surface area (Å²) in [5.74, 6) is -0.0556. The highest BCUT2D eigenvalue weighted by Crippen LogP contribution is 2.27. The van der Waals surface area contributed by atoms with Crippen LogP contribution in [0, 0.1) is 6.92 Å². The fraction of sp³-hybridized carbons (Fsp3) is 0.273. The molecule has 1 aliphatic carbocycles. The lowest BCUT2D eigenvalue weighted by Crippen LogP contribution is -1.97. The molecule has 0 fully saturated rings. The summed E-state index contributed by atoms with van der Waals surface area (Å²) in [6, 6.07) is 5.98. The maximum Gasteiger partial charge on any atom is 0.126 e. The Balaban J connectivity index is 2.58. The molecule has 1 aromatic carbocycles. The van der Waals surface area contributed by atoms with Gasteiger partial charge in [0.25, 0.3) is 0 Å². The third-order valence-corrected chi connectivity index (χ3v) is 2.26. The molecule has 0 amide bonds. The van der Waals surface area contributed by atoms with Crippen molar-refractivity contribution in [3.63, 3.8) is 0 Å². The summed E-state index contributed by atoms with van der Waals surface area (Å²) in [7, 11) is 0. The highest BCUT2D eigenvalue weighted by atomic mass is 19.1. The molecule has 0 atom stereocenters. The number of allylic oxidation sites excluding steroid dienone is 1. The number of hydrogen-bond donors (Lipinski definition) is 0. The van der Waals surface area contributed by atoms with Crippen molar-refractivity contribution in [1.82, 2.24) is 0 Å². The van der Waals surface area contributed by atoms with Crippen molar-refractivity contribution in [2.24, 2.45) is 0 Å². The van der Waals surface area contributed by atoms with E-state index >= 15 is 0 Å². The number of benzene rings is 1. The molecule has 1 aromatic rings. The Morgan fingerprint density at radius 1 is 1.33 bits per heavy atom. The number of halogens is 1. The average Bonchev–Trinajstić information content (AvgIpc) is 2.07. The van der Waals surface area contributed by atoms with Crippen LogP contribution >= 0.6 is 0 Å². The van der Waals surface area contributed by atoms with Crippen LogP contribution < -0.4 is 0 Å². The average molecular weight is 162 g/mol. The molecular weight excluding hydrogens is 151 g/mol. The molecule has 0 saturated carbocycles. The SMILES string of the molecule is Cc1ccc2c(c1)C(F)=CCC2. The molecule has 0 unspecified atom stereocenters. The van der Waals surface area contributed by atoms with E-state index in [1.54, 1.807) is 6.08 Å². The van der Waals surface area contributed by atoms with E-state index < -0.39 is 0 Å². The third kappa shape index (κ3) is 1.15. The fourth-order valence-electron chi connectivity index (χ4n) is 1.59. The van der Waals surface area contributed by atoms with E-state index in [1.807, 2.05) is 25.1 Å². The van der Waals surface area contributed by atoms with Crippen molar-refractivity contribution in [3.05, 3.63) is 41.0 Å². The standard InChI is InChI=1S/C11H11F/c1-8-5-6-9-3-2-4-11(12)10(9)7-8/h4-7H,2-3H2,1H3. The van der Waals surface area contributed by atoms with E-state index in [0.29, 0.717) is 0 Å². The lowest BCUT2D eigenvalue weighted by molar-refractivity contribution is 0.738. The van der Waals surface area contributed by atoms with Crippen LogP contribution in [0.25, 0.3) is 5.83 Å². The van der Waals surface area contributed by atoms with Crippen molar-refractivity contribution in [1.29, 1.82) is 0 Å². The van der Waals surface area contributed by atoms with Crippen LogP contribution in [0.2, 0.25) is 0 Å². The minimum absolute atomic E-state index is 0.0556. The number of rotatable bonds is 0. The second-order valence-corrected chi connectivity index (χ2v) is 3.25. The van der Waals surface area contributed by atoms with Crippen LogP contribution in [0.5, 0.6) is 0 Å². The second-order valence-electron chi connectivity index (χ2n) is 3.25. The summed E-state index contributed by atoms with van der Waals surface area (Å²) in [4.78, 5) is 0. The first-order valence-corrected chi connectivity index (χ1v) is 4.23. The molecule has 0 nitrogen and oxygen atoms in total. The summed E-state index contributed by atoms with van der Waals surface area (Å²) < 4.78 is 13.2. The van der Waals surface area contributed by atoms with E-state index in [-0.39, 0.29) is 5.83 Å². The number of aryl methyl sites for hydroxylation is 2. The molecular formula is C11H11F. The van der Waals surface area contributed by atoms with E-state index in [2.05, 4.69) is 0 Å². The smallest absolute Gasteiger partial charge is 0.126 e. The summed E-state index contributed by atoms with van der Waals surface area (Å²) >= 11 is 0. The monoisotopic (exact) mass is 162 g/mol. The quantitative estimate of drug-likeness (QED) is 0.549. The van der Waals surface area contributed by atoms with E-state index in [4.69, 9.17) is 0 Å². The van der Waals surface area contributed by atoms with Crippen LogP contribution in [0.4, 0.5) is 4.39 Å². The molecule has 0 radical (unpaired) electrons. The molecule has 12 heavy (non-hydrogen) atoms. The summed E-state index contributed by atoms with van der Waals surface area (Å²) in [5, 5.41) is 0. The Morgan fingerprint density at radius 3 is 3.00 bits per heavy atom. The largest absolute Gasteiger partial charge is 0.207 e. The van der Waals surface area contributed by atoms with Gasteiger partial charge in [-0.05, 0) is 37.5 Å². The van der Waals surface area contributed by atoms with Gasteiger partial charge < -0.3 is 0 Å². The first kappa shape index (κ1) is 7.53. The van der Waals surface area contributed by atoms with Crippen molar-refractivity contribution < 1.29 is 4.39 Å².